The Kier molecular flexibility index (Phi) is 3.89. The topological polar surface area (TPSA) is 42.1 Å². The summed E-state index contributed by atoms with van der Waals surface area (Å²) in [6.07, 6.45) is 3.96. The van der Waals surface area contributed by atoms with Crippen LogP contribution < -0.4 is 10.6 Å². The summed E-state index contributed by atoms with van der Waals surface area (Å²) < 4.78 is 0. The first kappa shape index (κ1) is 11.0. The van der Waals surface area contributed by atoms with Crippen LogP contribution in [0.15, 0.2) is 18.3 Å². The van der Waals surface area contributed by atoms with Crippen LogP contribution in [0.2, 0.25) is 0 Å². The Balaban J connectivity index is 2.55. The van der Waals surface area contributed by atoms with Crippen molar-refractivity contribution in [3.63, 3.8) is 0 Å². The summed E-state index contributed by atoms with van der Waals surface area (Å²) in [4.78, 5) is 6.34. The van der Waals surface area contributed by atoms with E-state index in [1.807, 2.05) is 38.2 Å². The lowest BCUT2D eigenvalue weighted by molar-refractivity contribution is 0.665. The summed E-state index contributed by atoms with van der Waals surface area (Å²) >= 11 is 0. The average Bonchev–Trinajstić information content (AvgIpc) is 2.15. The molecule has 0 saturated heterocycles. The van der Waals surface area contributed by atoms with E-state index in [9.17, 15) is 0 Å². The van der Waals surface area contributed by atoms with E-state index in [0.29, 0.717) is 0 Å². The molecule has 2 N–H and O–H groups in total. The molecule has 0 aromatic carbocycles. The van der Waals surface area contributed by atoms with Gasteiger partial charge in [0, 0.05) is 26.3 Å². The monoisotopic (exact) mass is 193 g/mol. The first-order valence-corrected chi connectivity index (χ1v) is 4.97. The predicted molar refractivity (Wildman–Crippen MR) is 60.5 cm³/mol. The third-order valence-corrected chi connectivity index (χ3v) is 2.16. The Morgan fingerprint density at radius 3 is 2.57 bits per heavy atom. The van der Waals surface area contributed by atoms with E-state index in [4.69, 9.17) is 5.73 Å². The van der Waals surface area contributed by atoms with Gasteiger partial charge in [0.05, 0.1) is 0 Å². The van der Waals surface area contributed by atoms with E-state index < -0.39 is 0 Å². The minimum absolute atomic E-state index is 0.267. The van der Waals surface area contributed by atoms with Gasteiger partial charge in [0.2, 0.25) is 0 Å². The van der Waals surface area contributed by atoms with Crippen LogP contribution in [0.3, 0.4) is 0 Å². The van der Waals surface area contributed by atoms with Crippen LogP contribution >= 0.6 is 0 Å². The zero-order valence-electron chi connectivity index (χ0n) is 9.20. The lowest BCUT2D eigenvalue weighted by atomic mass is 10.1. The summed E-state index contributed by atoms with van der Waals surface area (Å²) in [5, 5.41) is 0. The Labute approximate surface area is 85.9 Å². The molecule has 1 aromatic heterocycles. The van der Waals surface area contributed by atoms with Gasteiger partial charge in [-0.2, -0.15) is 0 Å². The molecule has 3 heteroatoms. The number of aryl methyl sites for hydroxylation is 1. The maximum absolute atomic E-state index is 5.69. The molecule has 0 unspecified atom stereocenters. The van der Waals surface area contributed by atoms with E-state index in [1.54, 1.807) is 0 Å². The standard InChI is InChI=1S/C11H19N3/c1-9(12)4-5-10-6-7-11(13-8-10)14(2)3/h6-9H,4-5,12H2,1-3H3/t9-/m0/s1. The molecule has 14 heavy (non-hydrogen) atoms. The molecule has 1 atom stereocenters. The summed E-state index contributed by atoms with van der Waals surface area (Å²) in [5.74, 6) is 0.995. The molecule has 0 aliphatic heterocycles. The molecule has 0 saturated carbocycles. The number of hydrogen-bond acceptors (Lipinski definition) is 3. The highest BCUT2D eigenvalue weighted by molar-refractivity contribution is 5.37. The fourth-order valence-corrected chi connectivity index (χ4v) is 1.22. The summed E-state index contributed by atoms with van der Waals surface area (Å²) in [7, 11) is 3.98. The van der Waals surface area contributed by atoms with Crippen molar-refractivity contribution < 1.29 is 0 Å². The summed E-state index contributed by atoms with van der Waals surface area (Å²) in [6.45, 7) is 2.03. The number of nitrogens with zero attached hydrogens (tertiary/aromatic N) is 2. The van der Waals surface area contributed by atoms with Crippen molar-refractivity contribution in [3.05, 3.63) is 23.9 Å². The van der Waals surface area contributed by atoms with Gasteiger partial charge in [0.1, 0.15) is 5.82 Å². The Morgan fingerprint density at radius 1 is 1.43 bits per heavy atom. The molecule has 0 radical (unpaired) electrons. The first-order chi connectivity index (χ1) is 6.59. The second-order valence-corrected chi connectivity index (χ2v) is 3.94. The van der Waals surface area contributed by atoms with Crippen molar-refractivity contribution >= 4 is 5.82 Å². The summed E-state index contributed by atoms with van der Waals surface area (Å²) in [6, 6.07) is 4.42. The maximum Gasteiger partial charge on any atom is 0.127 e. The minimum atomic E-state index is 0.267. The van der Waals surface area contributed by atoms with Crippen LogP contribution in [0, 0.1) is 0 Å². The van der Waals surface area contributed by atoms with Crippen molar-refractivity contribution in [3.8, 4) is 0 Å². The maximum atomic E-state index is 5.69. The molecule has 1 heterocycles. The Bertz CT molecular complexity index is 264. The van der Waals surface area contributed by atoms with Crippen molar-refractivity contribution in [2.45, 2.75) is 25.8 Å². The minimum Gasteiger partial charge on any atom is -0.363 e. The van der Waals surface area contributed by atoms with Gasteiger partial charge < -0.3 is 10.6 Å². The smallest absolute Gasteiger partial charge is 0.127 e. The van der Waals surface area contributed by atoms with Gasteiger partial charge in [-0.15, -0.1) is 0 Å². The van der Waals surface area contributed by atoms with Crippen LogP contribution in [0.25, 0.3) is 0 Å². The van der Waals surface area contributed by atoms with Crippen molar-refractivity contribution in [1.82, 2.24) is 4.98 Å². The molecule has 0 amide bonds. The second kappa shape index (κ2) is 4.96. The number of aromatic nitrogens is 1. The zero-order valence-corrected chi connectivity index (χ0v) is 9.20. The van der Waals surface area contributed by atoms with Gasteiger partial charge >= 0.3 is 0 Å². The first-order valence-electron chi connectivity index (χ1n) is 4.97. The molecule has 78 valence electrons. The van der Waals surface area contributed by atoms with Crippen LogP contribution in [0.5, 0.6) is 0 Å². The molecule has 3 nitrogen and oxygen atoms in total. The second-order valence-electron chi connectivity index (χ2n) is 3.94. The fraction of sp³-hybridized carbons (Fsp3) is 0.545. The molecular weight excluding hydrogens is 174 g/mol. The van der Waals surface area contributed by atoms with Gasteiger partial charge in [0.25, 0.3) is 0 Å². The third kappa shape index (κ3) is 3.34. The van der Waals surface area contributed by atoms with Crippen molar-refractivity contribution in [1.29, 1.82) is 0 Å². The molecule has 0 aliphatic rings. The molecule has 0 fully saturated rings. The number of anilines is 1. The van der Waals surface area contributed by atoms with E-state index in [-0.39, 0.29) is 6.04 Å². The molecule has 0 aliphatic carbocycles. The van der Waals surface area contributed by atoms with E-state index in [0.717, 1.165) is 18.7 Å². The summed E-state index contributed by atoms with van der Waals surface area (Å²) in [5.41, 5.74) is 6.95. The highest BCUT2D eigenvalue weighted by Crippen LogP contribution is 2.09. The van der Waals surface area contributed by atoms with E-state index in [1.165, 1.54) is 5.56 Å². The normalized spacial score (nSPS) is 12.6. The lowest BCUT2D eigenvalue weighted by Crippen LogP contribution is -2.15. The fourth-order valence-electron chi connectivity index (χ4n) is 1.22. The quantitative estimate of drug-likeness (QED) is 0.786. The zero-order chi connectivity index (χ0) is 10.6. The van der Waals surface area contributed by atoms with Crippen LogP contribution in [0.4, 0.5) is 5.82 Å². The van der Waals surface area contributed by atoms with Gasteiger partial charge in [-0.1, -0.05) is 6.07 Å². The third-order valence-electron chi connectivity index (χ3n) is 2.16. The SMILES string of the molecule is C[C@H](N)CCc1ccc(N(C)C)nc1. The molecule has 1 aromatic rings. The van der Waals surface area contributed by atoms with Crippen molar-refractivity contribution in [2.24, 2.45) is 5.73 Å². The largest absolute Gasteiger partial charge is 0.363 e. The molecular formula is C11H19N3. The molecule has 1 rings (SSSR count). The number of pyridine rings is 1. The van der Waals surface area contributed by atoms with Crippen LogP contribution in [-0.2, 0) is 6.42 Å². The van der Waals surface area contributed by atoms with Gasteiger partial charge in [-0.05, 0) is 31.4 Å². The number of rotatable bonds is 4. The Morgan fingerprint density at radius 2 is 2.14 bits per heavy atom. The average molecular weight is 193 g/mol. The van der Waals surface area contributed by atoms with Gasteiger partial charge in [0.15, 0.2) is 0 Å². The number of nitrogens with two attached hydrogens (primary N) is 1. The lowest BCUT2D eigenvalue weighted by Gasteiger charge is -2.11. The van der Waals surface area contributed by atoms with Gasteiger partial charge in [-0.3, -0.25) is 0 Å². The molecule has 0 spiro atoms. The number of hydrogen-bond donors (Lipinski definition) is 1. The Hall–Kier alpha value is -1.09. The van der Waals surface area contributed by atoms with E-state index in [2.05, 4.69) is 11.1 Å². The predicted octanol–water partition coefficient (Wildman–Crippen LogP) is 1.43. The van der Waals surface area contributed by atoms with Crippen LogP contribution in [0.1, 0.15) is 18.9 Å². The van der Waals surface area contributed by atoms with Crippen molar-refractivity contribution in [2.75, 3.05) is 19.0 Å². The molecule has 0 bridgehead atoms. The highest BCUT2D eigenvalue weighted by Gasteiger charge is 1.99. The highest BCUT2D eigenvalue weighted by atomic mass is 15.1. The van der Waals surface area contributed by atoms with Crippen LogP contribution in [-0.4, -0.2) is 25.1 Å². The van der Waals surface area contributed by atoms with Gasteiger partial charge in [-0.25, -0.2) is 4.98 Å². The van der Waals surface area contributed by atoms with E-state index >= 15 is 0 Å².